The summed E-state index contributed by atoms with van der Waals surface area (Å²) < 4.78 is 1.29. The van der Waals surface area contributed by atoms with E-state index in [-0.39, 0.29) is 5.56 Å². The van der Waals surface area contributed by atoms with Crippen LogP contribution in [-0.4, -0.2) is 24.6 Å². The normalized spacial score (nSPS) is 11.1. The fourth-order valence-electron chi connectivity index (χ4n) is 1.79. The molecule has 0 amide bonds. The van der Waals surface area contributed by atoms with Gasteiger partial charge in [-0.1, -0.05) is 6.07 Å². The summed E-state index contributed by atoms with van der Waals surface area (Å²) in [5.41, 5.74) is 7.53. The van der Waals surface area contributed by atoms with E-state index in [1.807, 2.05) is 6.07 Å². The lowest BCUT2D eigenvalue weighted by molar-refractivity contribution is 0.890. The number of aromatic amines is 1. The van der Waals surface area contributed by atoms with Crippen LogP contribution in [0.4, 0.5) is 0 Å². The van der Waals surface area contributed by atoms with Crippen molar-refractivity contribution in [2.75, 3.05) is 0 Å². The van der Waals surface area contributed by atoms with Crippen LogP contribution in [0.3, 0.4) is 0 Å². The van der Waals surface area contributed by atoms with Crippen molar-refractivity contribution in [3.8, 4) is 11.5 Å². The van der Waals surface area contributed by atoms with Crippen LogP contribution in [0.1, 0.15) is 11.3 Å². The summed E-state index contributed by atoms with van der Waals surface area (Å²) in [5, 5.41) is 2.88. The maximum atomic E-state index is 11.8. The van der Waals surface area contributed by atoms with E-state index in [2.05, 4.69) is 20.1 Å². The molecular formula is C12H12N6O. The molecule has 0 aliphatic rings. The van der Waals surface area contributed by atoms with Crippen molar-refractivity contribution >= 4 is 5.78 Å². The minimum absolute atomic E-state index is 0.195. The number of H-pyrrole nitrogens is 1. The second kappa shape index (κ2) is 4.29. The Morgan fingerprint density at radius 1 is 1.37 bits per heavy atom. The SMILES string of the molecule is Cc1cc(=O)n2[nH]c(-c3ccc(CN)cn3)nc2n1. The van der Waals surface area contributed by atoms with Crippen molar-refractivity contribution in [2.24, 2.45) is 5.73 Å². The molecule has 0 aromatic carbocycles. The molecule has 96 valence electrons. The van der Waals surface area contributed by atoms with E-state index >= 15 is 0 Å². The van der Waals surface area contributed by atoms with Crippen LogP contribution in [0.25, 0.3) is 17.3 Å². The number of nitrogens with one attached hydrogen (secondary N) is 1. The van der Waals surface area contributed by atoms with Gasteiger partial charge in [0.15, 0.2) is 5.82 Å². The van der Waals surface area contributed by atoms with Crippen molar-refractivity contribution in [3.05, 3.63) is 46.0 Å². The van der Waals surface area contributed by atoms with Gasteiger partial charge in [0.2, 0.25) is 0 Å². The smallest absolute Gasteiger partial charge is 0.274 e. The Kier molecular flexibility index (Phi) is 2.60. The van der Waals surface area contributed by atoms with Gasteiger partial charge in [0.1, 0.15) is 5.69 Å². The predicted molar refractivity (Wildman–Crippen MR) is 69.5 cm³/mol. The van der Waals surface area contributed by atoms with E-state index < -0.39 is 0 Å². The topological polar surface area (TPSA) is 102 Å². The molecule has 0 saturated heterocycles. The first kappa shape index (κ1) is 11.5. The van der Waals surface area contributed by atoms with Gasteiger partial charge in [0.25, 0.3) is 11.3 Å². The maximum Gasteiger partial charge on any atom is 0.274 e. The van der Waals surface area contributed by atoms with E-state index in [9.17, 15) is 4.79 Å². The van der Waals surface area contributed by atoms with Crippen LogP contribution in [0.2, 0.25) is 0 Å². The fraction of sp³-hybridized carbons (Fsp3) is 0.167. The third-order valence-corrected chi connectivity index (χ3v) is 2.76. The molecule has 19 heavy (non-hydrogen) atoms. The van der Waals surface area contributed by atoms with Crippen LogP contribution < -0.4 is 11.3 Å². The van der Waals surface area contributed by atoms with E-state index in [1.165, 1.54) is 10.6 Å². The van der Waals surface area contributed by atoms with Gasteiger partial charge in [0.05, 0.1) is 0 Å². The third kappa shape index (κ3) is 2.00. The van der Waals surface area contributed by atoms with Gasteiger partial charge in [-0.25, -0.2) is 4.98 Å². The van der Waals surface area contributed by atoms with Crippen LogP contribution >= 0.6 is 0 Å². The van der Waals surface area contributed by atoms with Gasteiger partial charge in [-0.15, -0.1) is 0 Å². The highest BCUT2D eigenvalue weighted by Gasteiger charge is 2.09. The summed E-state index contributed by atoms with van der Waals surface area (Å²) in [6.45, 7) is 2.19. The summed E-state index contributed by atoms with van der Waals surface area (Å²) >= 11 is 0. The van der Waals surface area contributed by atoms with Gasteiger partial charge < -0.3 is 5.73 Å². The highest BCUT2D eigenvalue weighted by Crippen LogP contribution is 2.12. The molecule has 0 aliphatic heterocycles. The molecular weight excluding hydrogens is 244 g/mol. The van der Waals surface area contributed by atoms with E-state index in [1.54, 1.807) is 19.2 Å². The number of fused-ring (bicyclic) bond motifs is 1. The minimum atomic E-state index is -0.195. The standard InChI is InChI=1S/C12H12N6O/c1-7-4-10(19)18-12(15-7)16-11(17-18)9-3-2-8(5-13)6-14-9/h2-4,6H,5,13H2,1H3,(H,15,16,17). The number of aromatic nitrogens is 5. The first-order valence-corrected chi connectivity index (χ1v) is 5.79. The number of rotatable bonds is 2. The molecule has 0 bridgehead atoms. The fourth-order valence-corrected chi connectivity index (χ4v) is 1.79. The van der Waals surface area contributed by atoms with Crippen LogP contribution in [-0.2, 0) is 6.54 Å². The van der Waals surface area contributed by atoms with Crippen molar-refractivity contribution in [1.29, 1.82) is 0 Å². The number of hydrogen-bond acceptors (Lipinski definition) is 5. The lowest BCUT2D eigenvalue weighted by atomic mass is 10.2. The highest BCUT2D eigenvalue weighted by molar-refractivity contribution is 5.51. The summed E-state index contributed by atoms with van der Waals surface area (Å²) in [5.74, 6) is 0.837. The van der Waals surface area contributed by atoms with E-state index in [0.717, 1.165) is 5.56 Å². The zero-order chi connectivity index (χ0) is 13.4. The number of aryl methyl sites for hydroxylation is 1. The zero-order valence-corrected chi connectivity index (χ0v) is 10.3. The van der Waals surface area contributed by atoms with Crippen molar-refractivity contribution in [1.82, 2.24) is 24.6 Å². The molecule has 0 unspecified atom stereocenters. The summed E-state index contributed by atoms with van der Waals surface area (Å²) in [6.07, 6.45) is 1.68. The Balaban J connectivity index is 2.14. The zero-order valence-electron chi connectivity index (χ0n) is 10.3. The monoisotopic (exact) mass is 256 g/mol. The molecule has 3 heterocycles. The Hall–Kier alpha value is -2.54. The molecule has 0 spiro atoms. The Morgan fingerprint density at radius 2 is 2.21 bits per heavy atom. The summed E-state index contributed by atoms with van der Waals surface area (Å²) in [4.78, 5) is 24.5. The summed E-state index contributed by atoms with van der Waals surface area (Å²) in [6, 6.07) is 5.12. The molecule has 3 aromatic rings. The molecule has 0 aliphatic carbocycles. The first-order valence-electron chi connectivity index (χ1n) is 5.79. The number of hydrogen-bond donors (Lipinski definition) is 2. The Morgan fingerprint density at radius 3 is 2.89 bits per heavy atom. The highest BCUT2D eigenvalue weighted by atomic mass is 16.1. The molecule has 3 N–H and O–H groups in total. The molecule has 7 nitrogen and oxygen atoms in total. The van der Waals surface area contributed by atoms with E-state index in [0.29, 0.717) is 29.5 Å². The second-order valence-corrected chi connectivity index (χ2v) is 4.20. The van der Waals surface area contributed by atoms with Gasteiger partial charge >= 0.3 is 0 Å². The lowest BCUT2D eigenvalue weighted by Gasteiger charge is -1.97. The number of nitrogens with zero attached hydrogens (tertiary/aromatic N) is 4. The van der Waals surface area contributed by atoms with Gasteiger partial charge in [-0.05, 0) is 18.6 Å². The molecule has 0 atom stereocenters. The third-order valence-electron chi connectivity index (χ3n) is 2.76. The van der Waals surface area contributed by atoms with Crippen molar-refractivity contribution in [3.63, 3.8) is 0 Å². The Labute approximate surface area is 108 Å². The number of nitrogens with two attached hydrogens (primary N) is 1. The van der Waals surface area contributed by atoms with Crippen molar-refractivity contribution in [2.45, 2.75) is 13.5 Å². The van der Waals surface area contributed by atoms with Crippen LogP contribution in [0, 0.1) is 6.92 Å². The minimum Gasteiger partial charge on any atom is -0.326 e. The number of pyridine rings is 1. The lowest BCUT2D eigenvalue weighted by Crippen LogP contribution is -2.14. The Bertz CT molecular complexity index is 786. The molecule has 0 radical (unpaired) electrons. The van der Waals surface area contributed by atoms with Crippen LogP contribution in [0.15, 0.2) is 29.2 Å². The van der Waals surface area contributed by atoms with Crippen LogP contribution in [0.5, 0.6) is 0 Å². The largest absolute Gasteiger partial charge is 0.326 e. The molecule has 0 fully saturated rings. The van der Waals surface area contributed by atoms with E-state index in [4.69, 9.17) is 5.73 Å². The average Bonchev–Trinajstić information content (AvgIpc) is 2.83. The van der Waals surface area contributed by atoms with Gasteiger partial charge in [0, 0.05) is 24.5 Å². The van der Waals surface area contributed by atoms with Gasteiger partial charge in [-0.3, -0.25) is 14.9 Å². The maximum absolute atomic E-state index is 11.8. The predicted octanol–water partition coefficient (Wildman–Crippen LogP) is 0.247. The molecule has 7 heteroatoms. The molecule has 0 saturated carbocycles. The second-order valence-electron chi connectivity index (χ2n) is 4.20. The van der Waals surface area contributed by atoms with Crippen molar-refractivity contribution < 1.29 is 0 Å². The average molecular weight is 256 g/mol. The quantitative estimate of drug-likeness (QED) is 0.684. The van der Waals surface area contributed by atoms with Gasteiger partial charge in [-0.2, -0.15) is 9.50 Å². The molecule has 3 rings (SSSR count). The first-order chi connectivity index (χ1) is 9.17. The summed E-state index contributed by atoms with van der Waals surface area (Å²) in [7, 11) is 0. The molecule has 3 aromatic heterocycles.